The lowest BCUT2D eigenvalue weighted by Gasteiger charge is -2.23. The van der Waals surface area contributed by atoms with Crippen molar-refractivity contribution in [2.45, 2.75) is 45.8 Å². The first kappa shape index (κ1) is 26.7. The molecular weight excluding hydrogens is 497 g/mol. The van der Waals surface area contributed by atoms with Crippen LogP contribution in [0.3, 0.4) is 0 Å². The molecule has 200 valence electrons. The molecule has 4 rings (SSSR count). The first-order valence-electron chi connectivity index (χ1n) is 11.9. The predicted molar refractivity (Wildman–Crippen MR) is 134 cm³/mol. The highest BCUT2D eigenvalue weighted by Crippen LogP contribution is 2.28. The number of hydrogen-bond acceptors (Lipinski definition) is 8. The van der Waals surface area contributed by atoms with E-state index in [2.05, 4.69) is 31.3 Å². The summed E-state index contributed by atoms with van der Waals surface area (Å²) in [5.74, 6) is -2.02. The van der Waals surface area contributed by atoms with E-state index < -0.39 is 29.1 Å². The zero-order chi connectivity index (χ0) is 27.6. The minimum absolute atomic E-state index is 0.0675. The first-order valence-corrected chi connectivity index (χ1v) is 11.9. The number of halogens is 1. The fourth-order valence-corrected chi connectivity index (χ4v) is 3.67. The van der Waals surface area contributed by atoms with Gasteiger partial charge < -0.3 is 20.7 Å². The van der Waals surface area contributed by atoms with Gasteiger partial charge in [-0.2, -0.15) is 5.10 Å². The Hall–Kier alpha value is -4.39. The van der Waals surface area contributed by atoms with Crippen LogP contribution in [0.25, 0.3) is 5.65 Å². The summed E-state index contributed by atoms with van der Waals surface area (Å²) in [6.45, 7) is 6.88. The molecule has 0 radical (unpaired) electrons. The highest BCUT2D eigenvalue weighted by Gasteiger charge is 2.23. The van der Waals surface area contributed by atoms with Gasteiger partial charge in [0.15, 0.2) is 23.9 Å². The number of amides is 3. The number of fused-ring (bicyclic) bond motifs is 2. The van der Waals surface area contributed by atoms with Crippen molar-refractivity contribution in [1.82, 2.24) is 30.5 Å². The van der Waals surface area contributed by atoms with Crippen LogP contribution < -0.4 is 26.0 Å². The number of hydrogen-bond donors (Lipinski definition) is 4. The molecular formula is C25H28FN7O5. The Morgan fingerprint density at radius 1 is 1.24 bits per heavy atom. The molecule has 1 aromatic carbocycles. The second kappa shape index (κ2) is 10.5. The standard InChI is InChI=1S/C25H28FN7O5/c1-13(23(36)32-25(2,3)4)27-11-19(34)18-8-17(31-22-15(26)10-29-33(18)22)24(37)28-9-14-5-6-20-16(7-14)30-21(35)12-38-20/h5-8,10,13,27H,9,11-12H2,1-4H3,(H,28,37)(H,30,35)(H,32,36)/t13-/m0/s1. The van der Waals surface area contributed by atoms with E-state index in [9.17, 15) is 23.6 Å². The van der Waals surface area contributed by atoms with Crippen LogP contribution in [0.2, 0.25) is 0 Å². The van der Waals surface area contributed by atoms with Gasteiger partial charge in [-0.05, 0) is 51.5 Å². The van der Waals surface area contributed by atoms with Gasteiger partial charge in [0.2, 0.25) is 5.91 Å². The molecule has 12 nitrogen and oxygen atoms in total. The monoisotopic (exact) mass is 525 g/mol. The summed E-state index contributed by atoms with van der Waals surface area (Å²) in [4.78, 5) is 53.8. The minimum atomic E-state index is -0.801. The van der Waals surface area contributed by atoms with Gasteiger partial charge in [0.05, 0.1) is 24.5 Å². The lowest BCUT2D eigenvalue weighted by atomic mass is 10.1. The molecule has 0 aliphatic carbocycles. The van der Waals surface area contributed by atoms with E-state index in [0.717, 1.165) is 10.7 Å². The normalized spacial score (nSPS) is 13.8. The maximum Gasteiger partial charge on any atom is 0.270 e. The fourth-order valence-electron chi connectivity index (χ4n) is 3.67. The third kappa shape index (κ3) is 6.11. The Labute approximate surface area is 217 Å². The van der Waals surface area contributed by atoms with Crippen LogP contribution in [0.1, 0.15) is 54.2 Å². The highest BCUT2D eigenvalue weighted by atomic mass is 19.1. The zero-order valence-corrected chi connectivity index (χ0v) is 21.3. The van der Waals surface area contributed by atoms with Crippen LogP contribution in [-0.2, 0) is 16.1 Å². The molecule has 0 fully saturated rings. The highest BCUT2D eigenvalue weighted by molar-refractivity contribution is 6.00. The molecule has 0 saturated heterocycles. The summed E-state index contributed by atoms with van der Waals surface area (Å²) in [5.41, 5.74) is 0.168. The van der Waals surface area contributed by atoms with Crippen molar-refractivity contribution in [3.8, 4) is 5.75 Å². The summed E-state index contributed by atoms with van der Waals surface area (Å²) in [6, 6.07) is 5.60. The summed E-state index contributed by atoms with van der Waals surface area (Å²) < 4.78 is 20.7. The smallest absolute Gasteiger partial charge is 0.270 e. The number of ether oxygens (including phenoxy) is 1. The van der Waals surface area contributed by atoms with Crippen molar-refractivity contribution in [1.29, 1.82) is 0 Å². The van der Waals surface area contributed by atoms with Gasteiger partial charge >= 0.3 is 0 Å². The van der Waals surface area contributed by atoms with E-state index in [0.29, 0.717) is 17.0 Å². The Morgan fingerprint density at radius 3 is 2.74 bits per heavy atom. The number of aromatic nitrogens is 3. The molecule has 13 heteroatoms. The number of carbonyl (C=O) groups excluding carboxylic acids is 4. The molecule has 38 heavy (non-hydrogen) atoms. The molecule has 0 unspecified atom stereocenters. The Balaban J connectivity index is 1.48. The van der Waals surface area contributed by atoms with E-state index in [1.165, 1.54) is 6.07 Å². The molecule has 3 heterocycles. The number of Topliss-reactive ketones (excluding diaryl/α,β-unsaturated/α-hetero) is 1. The van der Waals surface area contributed by atoms with Crippen molar-refractivity contribution >= 4 is 34.8 Å². The second-order valence-corrected chi connectivity index (χ2v) is 9.87. The van der Waals surface area contributed by atoms with E-state index in [1.807, 2.05) is 20.8 Å². The topological polar surface area (TPSA) is 156 Å². The number of carbonyl (C=O) groups is 4. The van der Waals surface area contributed by atoms with Crippen LogP contribution in [0.5, 0.6) is 5.75 Å². The average Bonchev–Trinajstić information content (AvgIpc) is 3.24. The van der Waals surface area contributed by atoms with Gasteiger partial charge in [0, 0.05) is 12.1 Å². The van der Waals surface area contributed by atoms with Gasteiger partial charge in [0.1, 0.15) is 17.1 Å². The molecule has 1 aliphatic heterocycles. The van der Waals surface area contributed by atoms with E-state index >= 15 is 0 Å². The molecule has 1 atom stereocenters. The number of anilines is 1. The van der Waals surface area contributed by atoms with Gasteiger partial charge in [-0.25, -0.2) is 13.9 Å². The summed E-state index contributed by atoms with van der Waals surface area (Å²) >= 11 is 0. The SMILES string of the molecule is C[C@H](NCC(=O)c1cc(C(=O)NCc2ccc3c(c2)NC(=O)CO3)nc2c(F)cnn12)C(=O)NC(C)(C)C. The summed E-state index contributed by atoms with van der Waals surface area (Å²) in [7, 11) is 0. The van der Waals surface area contributed by atoms with Crippen LogP contribution in [0, 0.1) is 5.82 Å². The van der Waals surface area contributed by atoms with Crippen LogP contribution in [-0.4, -0.2) is 62.8 Å². The molecule has 2 aromatic heterocycles. The van der Waals surface area contributed by atoms with Crippen molar-refractivity contribution in [3.05, 3.63) is 53.2 Å². The quantitative estimate of drug-likeness (QED) is 0.320. The third-order valence-corrected chi connectivity index (χ3v) is 5.54. The van der Waals surface area contributed by atoms with Crippen molar-refractivity contribution in [2.75, 3.05) is 18.5 Å². The minimum Gasteiger partial charge on any atom is -0.482 e. The number of nitrogens with zero attached hydrogens (tertiary/aromatic N) is 3. The number of benzene rings is 1. The zero-order valence-electron chi connectivity index (χ0n) is 21.3. The van der Waals surface area contributed by atoms with E-state index in [-0.39, 0.29) is 48.5 Å². The summed E-state index contributed by atoms with van der Waals surface area (Å²) in [6.07, 6.45) is 0.900. The van der Waals surface area contributed by atoms with Crippen molar-refractivity contribution in [3.63, 3.8) is 0 Å². The Bertz CT molecular complexity index is 1430. The Morgan fingerprint density at radius 2 is 2.00 bits per heavy atom. The van der Waals surface area contributed by atoms with Crippen LogP contribution in [0.15, 0.2) is 30.5 Å². The second-order valence-electron chi connectivity index (χ2n) is 9.87. The van der Waals surface area contributed by atoms with E-state index in [4.69, 9.17) is 4.74 Å². The fraction of sp³-hybridized carbons (Fsp3) is 0.360. The maximum atomic E-state index is 14.3. The Kier molecular flexibility index (Phi) is 7.39. The molecule has 3 amide bonds. The molecule has 4 N–H and O–H groups in total. The largest absolute Gasteiger partial charge is 0.482 e. The molecule has 0 bridgehead atoms. The van der Waals surface area contributed by atoms with Crippen LogP contribution in [0.4, 0.5) is 10.1 Å². The maximum absolute atomic E-state index is 14.3. The van der Waals surface area contributed by atoms with Crippen LogP contribution >= 0.6 is 0 Å². The van der Waals surface area contributed by atoms with Gasteiger partial charge in [-0.1, -0.05) is 6.07 Å². The third-order valence-electron chi connectivity index (χ3n) is 5.54. The number of nitrogens with one attached hydrogen (secondary N) is 4. The number of ketones is 1. The molecule has 3 aromatic rings. The van der Waals surface area contributed by atoms with Crippen molar-refractivity contribution < 1.29 is 28.3 Å². The van der Waals surface area contributed by atoms with Gasteiger partial charge in [-0.15, -0.1) is 0 Å². The van der Waals surface area contributed by atoms with Gasteiger partial charge in [-0.3, -0.25) is 24.5 Å². The lowest BCUT2D eigenvalue weighted by molar-refractivity contribution is -0.124. The van der Waals surface area contributed by atoms with Gasteiger partial charge in [0.25, 0.3) is 11.8 Å². The molecule has 0 saturated carbocycles. The molecule has 1 aliphatic rings. The number of rotatable bonds is 8. The van der Waals surface area contributed by atoms with Crippen molar-refractivity contribution in [2.24, 2.45) is 0 Å². The average molecular weight is 526 g/mol. The lowest BCUT2D eigenvalue weighted by Crippen LogP contribution is -2.50. The predicted octanol–water partition coefficient (Wildman–Crippen LogP) is 1.20. The first-order chi connectivity index (χ1) is 17.9. The van der Waals surface area contributed by atoms with E-state index in [1.54, 1.807) is 25.1 Å². The summed E-state index contributed by atoms with van der Waals surface area (Å²) in [5, 5.41) is 14.9. The molecule has 0 spiro atoms.